The fourth-order valence-corrected chi connectivity index (χ4v) is 1.60. The molecular weight excluding hydrogens is 198 g/mol. The minimum atomic E-state index is 0.671. The first-order valence-corrected chi connectivity index (χ1v) is 6.06. The van der Waals surface area contributed by atoms with Gasteiger partial charge in [-0.3, -0.25) is 0 Å². The second-order valence-electron chi connectivity index (χ2n) is 4.68. The van der Waals surface area contributed by atoms with Gasteiger partial charge < -0.3 is 10.5 Å². The van der Waals surface area contributed by atoms with Crippen molar-refractivity contribution < 1.29 is 4.74 Å². The Morgan fingerprint density at radius 2 is 2.06 bits per heavy atom. The zero-order chi connectivity index (χ0) is 12.0. The van der Waals surface area contributed by atoms with Gasteiger partial charge in [-0.15, -0.1) is 0 Å². The molecule has 0 aromatic heterocycles. The fourth-order valence-electron chi connectivity index (χ4n) is 1.60. The van der Waals surface area contributed by atoms with Crippen LogP contribution in [0.1, 0.15) is 31.4 Å². The minimum absolute atomic E-state index is 0.671. The van der Waals surface area contributed by atoms with E-state index in [1.54, 1.807) is 0 Å². The van der Waals surface area contributed by atoms with E-state index >= 15 is 0 Å². The molecule has 0 spiro atoms. The first-order valence-electron chi connectivity index (χ1n) is 6.06. The standard InChI is InChI=1S/C14H23NO/c1-11(2)7-9-16-14-5-4-12(3)10-13(14)6-8-15/h4-5,10-11H,6-9,15H2,1-3H3. The predicted molar refractivity (Wildman–Crippen MR) is 68.9 cm³/mol. The summed E-state index contributed by atoms with van der Waals surface area (Å²) in [5, 5.41) is 0. The Morgan fingerprint density at radius 3 is 2.69 bits per heavy atom. The van der Waals surface area contributed by atoms with E-state index < -0.39 is 0 Å². The number of ether oxygens (including phenoxy) is 1. The summed E-state index contributed by atoms with van der Waals surface area (Å²) in [5.41, 5.74) is 8.09. The molecule has 0 heterocycles. The molecule has 2 nitrogen and oxygen atoms in total. The number of hydrogen-bond acceptors (Lipinski definition) is 2. The van der Waals surface area contributed by atoms with Crippen molar-refractivity contribution in [2.75, 3.05) is 13.2 Å². The molecule has 0 atom stereocenters. The van der Waals surface area contributed by atoms with Crippen LogP contribution in [0, 0.1) is 12.8 Å². The van der Waals surface area contributed by atoms with Gasteiger partial charge in [0.1, 0.15) is 5.75 Å². The van der Waals surface area contributed by atoms with Gasteiger partial charge in [0.25, 0.3) is 0 Å². The summed E-state index contributed by atoms with van der Waals surface area (Å²) in [5.74, 6) is 1.68. The second kappa shape index (κ2) is 6.54. The van der Waals surface area contributed by atoms with E-state index in [4.69, 9.17) is 10.5 Å². The third-order valence-electron chi connectivity index (χ3n) is 2.58. The molecule has 1 aromatic rings. The van der Waals surface area contributed by atoms with Crippen molar-refractivity contribution in [1.82, 2.24) is 0 Å². The molecule has 2 N–H and O–H groups in total. The highest BCUT2D eigenvalue weighted by molar-refractivity contribution is 5.37. The molecule has 0 radical (unpaired) electrons. The molecule has 1 rings (SSSR count). The first kappa shape index (κ1) is 13.0. The Bertz CT molecular complexity index is 321. The van der Waals surface area contributed by atoms with E-state index in [0.29, 0.717) is 12.5 Å². The van der Waals surface area contributed by atoms with E-state index in [1.165, 1.54) is 11.1 Å². The highest BCUT2D eigenvalue weighted by atomic mass is 16.5. The van der Waals surface area contributed by atoms with Gasteiger partial charge in [0, 0.05) is 0 Å². The molecular formula is C14H23NO. The van der Waals surface area contributed by atoms with Crippen LogP contribution in [0.3, 0.4) is 0 Å². The molecule has 0 amide bonds. The van der Waals surface area contributed by atoms with E-state index in [9.17, 15) is 0 Å². The number of rotatable bonds is 6. The second-order valence-corrected chi connectivity index (χ2v) is 4.68. The Kier molecular flexibility index (Phi) is 5.33. The van der Waals surface area contributed by atoms with Gasteiger partial charge in [0.2, 0.25) is 0 Å². The SMILES string of the molecule is Cc1ccc(OCCC(C)C)c(CCN)c1. The average Bonchev–Trinajstić information content (AvgIpc) is 2.21. The summed E-state index contributed by atoms with van der Waals surface area (Å²) in [6.07, 6.45) is 1.98. The van der Waals surface area contributed by atoms with Gasteiger partial charge >= 0.3 is 0 Å². The minimum Gasteiger partial charge on any atom is -0.493 e. The molecule has 0 aliphatic carbocycles. The van der Waals surface area contributed by atoms with E-state index in [-0.39, 0.29) is 0 Å². The molecule has 2 heteroatoms. The van der Waals surface area contributed by atoms with Crippen molar-refractivity contribution in [3.05, 3.63) is 29.3 Å². The average molecular weight is 221 g/mol. The Balaban J connectivity index is 2.63. The first-order chi connectivity index (χ1) is 7.63. The number of nitrogens with two attached hydrogens (primary N) is 1. The molecule has 0 saturated carbocycles. The lowest BCUT2D eigenvalue weighted by molar-refractivity contribution is 0.287. The van der Waals surface area contributed by atoms with Crippen LogP contribution < -0.4 is 10.5 Å². The van der Waals surface area contributed by atoms with Gasteiger partial charge in [-0.05, 0) is 43.9 Å². The lowest BCUT2D eigenvalue weighted by Crippen LogP contribution is -2.07. The highest BCUT2D eigenvalue weighted by Crippen LogP contribution is 2.20. The topological polar surface area (TPSA) is 35.2 Å². The summed E-state index contributed by atoms with van der Waals surface area (Å²) in [6, 6.07) is 6.31. The Morgan fingerprint density at radius 1 is 1.31 bits per heavy atom. The molecule has 0 aliphatic rings. The Hall–Kier alpha value is -1.02. The number of benzene rings is 1. The fraction of sp³-hybridized carbons (Fsp3) is 0.571. The van der Waals surface area contributed by atoms with Crippen LogP contribution in [-0.4, -0.2) is 13.2 Å². The maximum Gasteiger partial charge on any atom is 0.122 e. The predicted octanol–water partition coefficient (Wildman–Crippen LogP) is 2.92. The quantitative estimate of drug-likeness (QED) is 0.801. The Labute approximate surface area is 98.8 Å². The molecule has 16 heavy (non-hydrogen) atoms. The van der Waals surface area contributed by atoms with Crippen LogP contribution in [0.2, 0.25) is 0 Å². The monoisotopic (exact) mass is 221 g/mol. The largest absolute Gasteiger partial charge is 0.493 e. The van der Waals surface area contributed by atoms with Gasteiger partial charge in [0.15, 0.2) is 0 Å². The van der Waals surface area contributed by atoms with Gasteiger partial charge in [-0.1, -0.05) is 31.5 Å². The molecule has 0 aliphatic heterocycles. The van der Waals surface area contributed by atoms with Crippen molar-refractivity contribution in [3.8, 4) is 5.75 Å². The third kappa shape index (κ3) is 4.23. The van der Waals surface area contributed by atoms with Crippen molar-refractivity contribution in [2.45, 2.75) is 33.6 Å². The zero-order valence-corrected chi connectivity index (χ0v) is 10.6. The molecule has 0 unspecified atom stereocenters. The zero-order valence-electron chi connectivity index (χ0n) is 10.6. The maximum absolute atomic E-state index is 5.80. The summed E-state index contributed by atoms with van der Waals surface area (Å²) in [7, 11) is 0. The molecule has 0 saturated heterocycles. The van der Waals surface area contributed by atoms with Crippen molar-refractivity contribution >= 4 is 0 Å². The summed E-state index contributed by atoms with van der Waals surface area (Å²) < 4.78 is 5.80. The smallest absolute Gasteiger partial charge is 0.122 e. The summed E-state index contributed by atoms with van der Waals surface area (Å²) >= 11 is 0. The van der Waals surface area contributed by atoms with Crippen LogP contribution in [0.15, 0.2) is 18.2 Å². The van der Waals surface area contributed by atoms with Crippen LogP contribution in [-0.2, 0) is 6.42 Å². The number of hydrogen-bond donors (Lipinski definition) is 1. The van der Waals surface area contributed by atoms with E-state index in [0.717, 1.165) is 25.2 Å². The van der Waals surface area contributed by atoms with Gasteiger partial charge in [-0.25, -0.2) is 0 Å². The molecule has 90 valence electrons. The van der Waals surface area contributed by atoms with Gasteiger partial charge in [0.05, 0.1) is 6.61 Å². The normalized spacial score (nSPS) is 10.8. The van der Waals surface area contributed by atoms with Crippen LogP contribution >= 0.6 is 0 Å². The van der Waals surface area contributed by atoms with E-state index in [1.807, 2.05) is 0 Å². The highest BCUT2D eigenvalue weighted by Gasteiger charge is 2.04. The van der Waals surface area contributed by atoms with E-state index in [2.05, 4.69) is 39.0 Å². The van der Waals surface area contributed by atoms with Crippen molar-refractivity contribution in [3.63, 3.8) is 0 Å². The van der Waals surface area contributed by atoms with Gasteiger partial charge in [-0.2, -0.15) is 0 Å². The van der Waals surface area contributed by atoms with Crippen LogP contribution in [0.5, 0.6) is 5.75 Å². The summed E-state index contributed by atoms with van der Waals surface area (Å²) in [6.45, 7) is 7.97. The molecule has 1 aromatic carbocycles. The lowest BCUT2D eigenvalue weighted by Gasteiger charge is -2.12. The lowest BCUT2D eigenvalue weighted by atomic mass is 10.1. The summed E-state index contributed by atoms with van der Waals surface area (Å²) in [4.78, 5) is 0. The molecule has 0 fully saturated rings. The van der Waals surface area contributed by atoms with Crippen molar-refractivity contribution in [2.24, 2.45) is 11.7 Å². The molecule has 0 bridgehead atoms. The van der Waals surface area contributed by atoms with Crippen LogP contribution in [0.25, 0.3) is 0 Å². The third-order valence-corrected chi connectivity index (χ3v) is 2.58. The van der Waals surface area contributed by atoms with Crippen LogP contribution in [0.4, 0.5) is 0 Å². The number of aryl methyl sites for hydroxylation is 1. The van der Waals surface area contributed by atoms with Crippen molar-refractivity contribution in [1.29, 1.82) is 0 Å². The maximum atomic E-state index is 5.80.